The van der Waals surface area contributed by atoms with E-state index in [1.54, 1.807) is 38.4 Å². The maximum atomic E-state index is 13.6. The Kier molecular flexibility index (Phi) is 6.71. The summed E-state index contributed by atoms with van der Waals surface area (Å²) in [7, 11) is 3.28. The van der Waals surface area contributed by atoms with Crippen LogP contribution in [0.25, 0.3) is 10.9 Å². The lowest BCUT2D eigenvalue weighted by Crippen LogP contribution is -2.49. The average Bonchev–Trinajstić information content (AvgIpc) is 3.23. The molecule has 1 unspecified atom stereocenters. The van der Waals surface area contributed by atoms with Gasteiger partial charge in [0.2, 0.25) is 11.8 Å². The molecule has 8 heteroatoms. The number of benzene rings is 3. The van der Waals surface area contributed by atoms with E-state index in [4.69, 9.17) is 4.74 Å². The highest BCUT2D eigenvalue weighted by atomic mass is 32.2. The van der Waals surface area contributed by atoms with Crippen LogP contribution in [0.5, 0.6) is 5.75 Å². The number of aromatic nitrogens is 1. The van der Waals surface area contributed by atoms with Crippen LogP contribution in [0.2, 0.25) is 0 Å². The van der Waals surface area contributed by atoms with Gasteiger partial charge in [0.15, 0.2) is 10.6 Å². The lowest BCUT2D eigenvalue weighted by Gasteiger charge is -2.25. The third-order valence-electron chi connectivity index (χ3n) is 6.54. The smallest absolute Gasteiger partial charge is 0.249 e. The third-order valence-corrected chi connectivity index (χ3v) is 7.87. The summed E-state index contributed by atoms with van der Waals surface area (Å²) < 4.78 is 18.5. The van der Waals surface area contributed by atoms with Crippen molar-refractivity contribution in [3.8, 4) is 5.75 Å². The molecule has 0 radical (unpaired) electrons. The zero-order chi connectivity index (χ0) is 25.2. The van der Waals surface area contributed by atoms with Crippen LogP contribution in [0, 0.1) is 0 Å². The fourth-order valence-electron chi connectivity index (χ4n) is 4.62. The van der Waals surface area contributed by atoms with Crippen LogP contribution in [0.15, 0.2) is 77.7 Å². The van der Waals surface area contributed by atoms with Gasteiger partial charge in [-0.2, -0.15) is 0 Å². The number of anilines is 1. The Balaban J connectivity index is 1.51. The number of aromatic amines is 1. The maximum Gasteiger partial charge on any atom is 0.249 e. The van der Waals surface area contributed by atoms with Crippen LogP contribution in [0.3, 0.4) is 0 Å². The van der Waals surface area contributed by atoms with Gasteiger partial charge in [0, 0.05) is 30.1 Å². The highest BCUT2D eigenvalue weighted by Crippen LogP contribution is 2.28. The molecule has 4 aromatic rings. The summed E-state index contributed by atoms with van der Waals surface area (Å²) in [6.07, 6.45) is 0.372. The molecule has 0 fully saturated rings. The summed E-state index contributed by atoms with van der Waals surface area (Å²) >= 11 is -1.31. The number of H-pyrrole nitrogens is 1. The Labute approximate surface area is 212 Å². The number of hydrogen-bond acceptors (Lipinski definition) is 4. The minimum Gasteiger partial charge on any atom is -0.611 e. The van der Waals surface area contributed by atoms with E-state index in [9.17, 15) is 14.1 Å². The number of nitrogens with one attached hydrogen (secondary N) is 2. The van der Waals surface area contributed by atoms with Crippen molar-refractivity contribution in [2.75, 3.05) is 19.1 Å². The number of likely N-dealkylation sites (N-methyl/N-ethyl adjacent to an activating group) is 1. The molecule has 1 aliphatic rings. The van der Waals surface area contributed by atoms with Crippen LogP contribution in [-0.4, -0.2) is 41.6 Å². The number of hydrogen-bond donors (Lipinski definition) is 2. The highest BCUT2D eigenvalue weighted by Gasteiger charge is 2.28. The van der Waals surface area contributed by atoms with Crippen molar-refractivity contribution >= 4 is 39.6 Å². The number of carbonyl (C=O) groups is 2. The van der Waals surface area contributed by atoms with Gasteiger partial charge in [-0.05, 0) is 64.8 Å². The van der Waals surface area contributed by atoms with Crippen molar-refractivity contribution < 1.29 is 18.9 Å². The van der Waals surface area contributed by atoms with Gasteiger partial charge in [-0.25, -0.2) is 0 Å². The van der Waals surface area contributed by atoms with E-state index in [1.807, 2.05) is 48.5 Å². The van der Waals surface area contributed by atoms with Crippen LogP contribution < -0.4 is 15.0 Å². The Morgan fingerprint density at radius 1 is 1.08 bits per heavy atom. The number of para-hydroxylation sites is 1. The van der Waals surface area contributed by atoms with Crippen molar-refractivity contribution in [1.82, 2.24) is 10.3 Å². The molecule has 1 aromatic heterocycles. The second-order valence-electron chi connectivity index (χ2n) is 8.86. The van der Waals surface area contributed by atoms with E-state index in [2.05, 4.69) is 10.3 Å². The molecule has 7 nitrogen and oxygen atoms in total. The van der Waals surface area contributed by atoms with Gasteiger partial charge >= 0.3 is 0 Å². The Morgan fingerprint density at radius 3 is 2.64 bits per heavy atom. The number of methoxy groups -OCH3 is 1. The summed E-state index contributed by atoms with van der Waals surface area (Å²) in [6.45, 7) is 0. The number of nitrogens with zero attached hydrogens (tertiary/aromatic N) is 1. The maximum absolute atomic E-state index is 13.6. The molecule has 3 aromatic carbocycles. The number of carbonyl (C=O) groups excluding carboxylic acids is 2. The molecule has 0 aliphatic carbocycles. The standard InChI is InChI=1S/C28H27N3O4S/c1-31(19-10-12-20(35-2)13-11-19)28(33)25-15-18-6-5-7-21(14-18)36(34)17-26-23(16-27(32)30-25)22-8-3-4-9-24(22)29-26/h3-14,25,29H,15-17H2,1-2H3,(H,30,32)/t25-,36?/m0/s1. The molecule has 184 valence electrons. The first-order valence-electron chi connectivity index (χ1n) is 11.7. The van der Waals surface area contributed by atoms with Gasteiger partial charge in [0.05, 0.1) is 19.2 Å². The van der Waals surface area contributed by atoms with Gasteiger partial charge in [-0.15, -0.1) is 0 Å². The molecule has 0 saturated carbocycles. The first-order valence-corrected chi connectivity index (χ1v) is 13.0. The van der Waals surface area contributed by atoms with Gasteiger partial charge < -0.3 is 24.5 Å². The van der Waals surface area contributed by atoms with Crippen molar-refractivity contribution in [3.05, 3.63) is 89.6 Å². The zero-order valence-electron chi connectivity index (χ0n) is 20.1. The minimum atomic E-state index is -1.31. The van der Waals surface area contributed by atoms with Crippen LogP contribution in [0.1, 0.15) is 16.8 Å². The quantitative estimate of drug-likeness (QED) is 0.418. The molecule has 2 amide bonds. The molecule has 2 N–H and O–H groups in total. The van der Waals surface area contributed by atoms with E-state index in [-0.39, 0.29) is 30.4 Å². The van der Waals surface area contributed by atoms with E-state index in [0.717, 1.165) is 27.7 Å². The van der Waals surface area contributed by atoms with Crippen molar-refractivity contribution in [2.24, 2.45) is 0 Å². The predicted octanol–water partition coefficient (Wildman–Crippen LogP) is 3.73. The highest BCUT2D eigenvalue weighted by molar-refractivity contribution is 7.90. The molecule has 36 heavy (non-hydrogen) atoms. The summed E-state index contributed by atoms with van der Waals surface area (Å²) in [6, 6.07) is 21.6. The van der Waals surface area contributed by atoms with Gasteiger partial charge in [0.25, 0.3) is 0 Å². The predicted molar refractivity (Wildman–Crippen MR) is 141 cm³/mol. The topological polar surface area (TPSA) is 97.5 Å². The number of rotatable bonds is 3. The molecule has 1 aliphatic heterocycles. The zero-order valence-corrected chi connectivity index (χ0v) is 20.9. The Morgan fingerprint density at radius 2 is 1.86 bits per heavy atom. The van der Waals surface area contributed by atoms with E-state index in [1.165, 1.54) is 4.90 Å². The Bertz CT molecular complexity index is 1420. The lowest BCUT2D eigenvalue weighted by atomic mass is 10.0. The average molecular weight is 502 g/mol. The van der Waals surface area contributed by atoms with Crippen molar-refractivity contribution in [3.63, 3.8) is 0 Å². The summed E-state index contributed by atoms with van der Waals surface area (Å²) in [5.41, 5.74) is 3.99. The molecule has 2 atom stereocenters. The number of amides is 2. The van der Waals surface area contributed by atoms with Gasteiger partial charge in [-0.3, -0.25) is 9.59 Å². The molecule has 2 heterocycles. The van der Waals surface area contributed by atoms with Crippen molar-refractivity contribution in [2.45, 2.75) is 29.5 Å². The van der Waals surface area contributed by atoms with Crippen molar-refractivity contribution in [1.29, 1.82) is 0 Å². The monoisotopic (exact) mass is 501 g/mol. The van der Waals surface area contributed by atoms with E-state index < -0.39 is 17.2 Å². The second-order valence-corrected chi connectivity index (χ2v) is 10.3. The van der Waals surface area contributed by atoms with Crippen LogP contribution in [0.4, 0.5) is 5.69 Å². The third kappa shape index (κ3) is 4.82. The fraction of sp³-hybridized carbons (Fsp3) is 0.214. The molecular weight excluding hydrogens is 474 g/mol. The molecule has 2 bridgehead atoms. The fourth-order valence-corrected chi connectivity index (χ4v) is 5.81. The number of ether oxygens (including phenoxy) is 1. The largest absolute Gasteiger partial charge is 0.611 e. The Hall–Kier alpha value is -3.75. The van der Waals surface area contributed by atoms with E-state index >= 15 is 0 Å². The first kappa shape index (κ1) is 24.0. The summed E-state index contributed by atoms with van der Waals surface area (Å²) in [5, 5.41) is 3.90. The normalized spacial score (nSPS) is 17.9. The summed E-state index contributed by atoms with van der Waals surface area (Å²) in [4.78, 5) is 32.5. The van der Waals surface area contributed by atoms with Crippen LogP contribution in [-0.2, 0) is 39.4 Å². The molecular formula is C28H27N3O4S. The molecule has 0 saturated heterocycles. The minimum absolute atomic E-state index is 0.0838. The van der Waals surface area contributed by atoms with Crippen LogP contribution >= 0.6 is 0 Å². The molecule has 5 rings (SSSR count). The van der Waals surface area contributed by atoms with Gasteiger partial charge in [0.1, 0.15) is 11.8 Å². The van der Waals surface area contributed by atoms with E-state index in [0.29, 0.717) is 16.3 Å². The number of fused-ring (bicyclic) bond motifs is 5. The SMILES string of the molecule is COc1ccc(N(C)C(=O)[C@@H]2Cc3cccc(c3)[S+]([O-])Cc3[nH]c4ccccc4c3CC(=O)N2)cc1. The second kappa shape index (κ2) is 10.1. The van der Waals surface area contributed by atoms with Gasteiger partial charge in [-0.1, -0.05) is 30.3 Å². The lowest BCUT2D eigenvalue weighted by molar-refractivity contribution is -0.127. The molecule has 0 spiro atoms. The first-order chi connectivity index (χ1) is 17.4. The summed E-state index contributed by atoms with van der Waals surface area (Å²) in [5.74, 6) is 0.475.